The standard InChI is InChI=1S/C28H30F2N2O5S.C27H25F2NO3.CH5NO2S/c1-19(20-3-5-21(6-4-20)22-7-11-24(29)12-8-22)32-16-15-28(37-27(32)34,23-9-13-25(30)14-10-23)17-26(33)18-31-38(2,35)36;1-18(19-2-4-20(5-3-19)21-6-10-23(28)11-7-21)30-15-14-27(33-26(30)31,16-25-17-32-25)22-8-12-24(29)13-9-22;1-5(2,3)4/h3-14,19,26,31,33H,15-18H2,1-2H3;2-13,18,25H,14-17H2,1H3;1H3,(H2,2,3,4)/t19-,26+,28-;18-,25?,27-;/m00./s1. The molecular formula is C56H60F4N4O10S2. The van der Waals surface area contributed by atoms with Crippen molar-refractivity contribution in [2.24, 2.45) is 5.14 Å². The van der Waals surface area contributed by atoms with Gasteiger partial charge in [-0.25, -0.2) is 53.8 Å². The number of sulfonamides is 2. The van der Waals surface area contributed by atoms with Crippen LogP contribution in [0.1, 0.15) is 73.9 Å². The number of ether oxygens (including phenoxy) is 3. The Morgan fingerprint density at radius 1 is 0.592 bits per heavy atom. The predicted octanol–water partition coefficient (Wildman–Crippen LogP) is 9.86. The molecule has 4 N–H and O–H groups in total. The number of cyclic esters (lactones) is 2. The van der Waals surface area contributed by atoms with Crippen LogP contribution in [-0.4, -0.2) is 94.9 Å². The maximum absolute atomic E-state index is 13.6. The molecule has 0 aromatic heterocycles. The van der Waals surface area contributed by atoms with Gasteiger partial charge in [0.2, 0.25) is 20.0 Å². The molecule has 6 aromatic rings. The van der Waals surface area contributed by atoms with Gasteiger partial charge in [-0.05, 0) is 107 Å². The molecule has 0 spiro atoms. The Bertz CT molecular complexity index is 3150. The summed E-state index contributed by atoms with van der Waals surface area (Å²) in [5.74, 6) is -1.35. The van der Waals surface area contributed by atoms with Gasteiger partial charge < -0.3 is 29.1 Å². The molecule has 2 amide bonds. The quantitative estimate of drug-likeness (QED) is 0.0657. The van der Waals surface area contributed by atoms with Gasteiger partial charge in [0.1, 0.15) is 34.5 Å². The van der Waals surface area contributed by atoms with Gasteiger partial charge in [0.05, 0.1) is 43.4 Å². The zero-order valence-electron chi connectivity index (χ0n) is 42.2. The van der Waals surface area contributed by atoms with Gasteiger partial charge in [-0.3, -0.25) is 0 Å². The summed E-state index contributed by atoms with van der Waals surface area (Å²) >= 11 is 0. The summed E-state index contributed by atoms with van der Waals surface area (Å²) in [5, 5.41) is 14.9. The van der Waals surface area contributed by atoms with Crippen molar-refractivity contribution in [2.45, 2.75) is 75.0 Å². The molecule has 0 bridgehead atoms. The van der Waals surface area contributed by atoms with Crippen molar-refractivity contribution >= 4 is 32.2 Å². The van der Waals surface area contributed by atoms with Crippen LogP contribution in [0.25, 0.3) is 22.3 Å². The van der Waals surface area contributed by atoms with E-state index in [1.807, 2.05) is 62.4 Å². The second-order valence-corrected chi connectivity index (χ2v) is 22.7. The van der Waals surface area contributed by atoms with Gasteiger partial charge in [-0.1, -0.05) is 97.1 Å². The minimum Gasteiger partial charge on any atom is -0.438 e. The molecule has 404 valence electrons. The molecular weight excluding hydrogens is 1030 g/mol. The largest absolute Gasteiger partial charge is 0.438 e. The second kappa shape index (κ2) is 24.1. The van der Waals surface area contributed by atoms with E-state index in [1.54, 1.807) is 46.2 Å². The van der Waals surface area contributed by atoms with Gasteiger partial charge in [0.15, 0.2) is 0 Å². The first-order chi connectivity index (χ1) is 35.9. The Kier molecular flexibility index (Phi) is 18.1. The average Bonchev–Trinajstić information content (AvgIpc) is 4.20. The summed E-state index contributed by atoms with van der Waals surface area (Å²) in [7, 11) is -6.69. The number of aliphatic hydroxyl groups is 1. The molecule has 20 heteroatoms. The van der Waals surface area contributed by atoms with Crippen LogP contribution in [-0.2, 0) is 45.5 Å². The molecule has 0 saturated carbocycles. The molecule has 0 radical (unpaired) electrons. The Morgan fingerprint density at radius 3 is 1.25 bits per heavy atom. The number of amides is 2. The lowest BCUT2D eigenvalue weighted by molar-refractivity contribution is -0.0830. The fourth-order valence-electron chi connectivity index (χ4n) is 9.29. The summed E-state index contributed by atoms with van der Waals surface area (Å²) in [5.41, 5.74) is 4.79. The van der Waals surface area contributed by atoms with Crippen molar-refractivity contribution in [3.05, 3.63) is 191 Å². The predicted molar refractivity (Wildman–Crippen MR) is 279 cm³/mol. The Balaban J connectivity index is 0.000000205. The number of nitrogens with one attached hydrogen (secondary N) is 1. The van der Waals surface area contributed by atoms with E-state index in [0.717, 1.165) is 51.5 Å². The number of nitrogens with zero attached hydrogens (tertiary/aromatic N) is 2. The summed E-state index contributed by atoms with van der Waals surface area (Å²) in [6.45, 7) is 5.07. The number of primary sulfonamides is 1. The zero-order chi connectivity index (χ0) is 55.0. The number of benzene rings is 6. The molecule has 9 rings (SSSR count). The van der Waals surface area contributed by atoms with E-state index >= 15 is 0 Å². The molecule has 76 heavy (non-hydrogen) atoms. The maximum atomic E-state index is 13.6. The minimum atomic E-state index is -3.53. The van der Waals surface area contributed by atoms with Gasteiger partial charge in [0, 0.05) is 45.3 Å². The number of carbonyl (C=O) groups excluding carboxylic acids is 2. The molecule has 6 aromatic carbocycles. The summed E-state index contributed by atoms with van der Waals surface area (Å²) < 4.78 is 115. The number of hydrogen-bond acceptors (Lipinski definition) is 10. The molecule has 3 aliphatic heterocycles. The van der Waals surface area contributed by atoms with Crippen LogP contribution in [0.2, 0.25) is 0 Å². The first-order valence-electron chi connectivity index (χ1n) is 24.3. The van der Waals surface area contributed by atoms with E-state index < -0.39 is 49.3 Å². The third-order valence-electron chi connectivity index (χ3n) is 13.5. The molecule has 6 atom stereocenters. The van der Waals surface area contributed by atoms with Crippen molar-refractivity contribution < 1.29 is 63.3 Å². The molecule has 14 nitrogen and oxygen atoms in total. The van der Waals surface area contributed by atoms with Gasteiger partial charge >= 0.3 is 12.2 Å². The SMILES string of the molecule is CS(N)(=O)=O.C[C@@H](c1ccc(-c2ccc(F)cc2)cc1)N1CC[C@](CC2CO2)(c2ccc(F)cc2)OC1=O.C[C@@H](c1ccc(-c2ccc(F)cc2)cc1)N1CC[C@](C[C@@H](O)CNS(C)(=O)=O)(c2ccc(F)cc2)OC1=O. The lowest BCUT2D eigenvalue weighted by Crippen LogP contribution is -2.50. The average molecular weight is 1090 g/mol. The van der Waals surface area contributed by atoms with E-state index in [0.29, 0.717) is 44.5 Å². The lowest BCUT2D eigenvalue weighted by Gasteiger charge is -2.44. The number of aliphatic hydroxyl groups excluding tert-OH is 1. The van der Waals surface area contributed by atoms with Crippen LogP contribution in [0.4, 0.5) is 27.2 Å². The molecule has 0 aliphatic carbocycles. The maximum Gasteiger partial charge on any atom is 0.411 e. The highest BCUT2D eigenvalue weighted by Crippen LogP contribution is 2.44. The van der Waals surface area contributed by atoms with Crippen LogP contribution < -0.4 is 9.86 Å². The van der Waals surface area contributed by atoms with E-state index in [9.17, 15) is 49.1 Å². The van der Waals surface area contributed by atoms with Crippen molar-refractivity contribution in [3.63, 3.8) is 0 Å². The molecule has 3 aliphatic rings. The van der Waals surface area contributed by atoms with Crippen molar-refractivity contribution in [1.82, 2.24) is 14.5 Å². The van der Waals surface area contributed by atoms with Crippen LogP contribution in [0, 0.1) is 23.3 Å². The normalized spacial score (nSPS) is 20.6. The van der Waals surface area contributed by atoms with E-state index in [-0.39, 0.29) is 54.7 Å². The van der Waals surface area contributed by atoms with Crippen LogP contribution in [0.5, 0.6) is 0 Å². The molecule has 1 unspecified atom stereocenters. The number of nitrogens with two attached hydrogens (primary N) is 1. The fourth-order valence-corrected chi connectivity index (χ4v) is 9.78. The first kappa shape index (κ1) is 57.0. The Hall–Kier alpha value is -6.68. The van der Waals surface area contributed by atoms with Crippen LogP contribution >= 0.6 is 0 Å². The van der Waals surface area contributed by atoms with E-state index in [4.69, 9.17) is 14.2 Å². The number of epoxide rings is 1. The smallest absolute Gasteiger partial charge is 0.411 e. The highest BCUT2D eigenvalue weighted by atomic mass is 32.2. The highest BCUT2D eigenvalue weighted by molar-refractivity contribution is 7.88. The molecule has 3 heterocycles. The van der Waals surface area contributed by atoms with E-state index in [1.165, 1.54) is 60.7 Å². The van der Waals surface area contributed by atoms with Crippen molar-refractivity contribution in [2.75, 3.05) is 38.8 Å². The first-order valence-corrected chi connectivity index (χ1v) is 28.2. The molecule has 3 fully saturated rings. The summed E-state index contributed by atoms with van der Waals surface area (Å²) in [6, 6.07) is 39.3. The third-order valence-corrected chi connectivity index (χ3v) is 14.2. The van der Waals surface area contributed by atoms with Crippen molar-refractivity contribution in [3.8, 4) is 22.3 Å². The highest BCUT2D eigenvalue weighted by Gasteiger charge is 2.48. The Morgan fingerprint density at radius 2 is 0.908 bits per heavy atom. The zero-order valence-corrected chi connectivity index (χ0v) is 43.9. The van der Waals surface area contributed by atoms with Gasteiger partial charge in [-0.2, -0.15) is 0 Å². The topological polar surface area (TPSA) is 198 Å². The summed E-state index contributed by atoms with van der Waals surface area (Å²) in [6.07, 6.45) is 1.26. The number of hydrogen-bond donors (Lipinski definition) is 3. The fraction of sp³-hybridized carbons (Fsp3) is 0.321. The third kappa shape index (κ3) is 15.5. The van der Waals surface area contributed by atoms with Crippen LogP contribution in [0.15, 0.2) is 146 Å². The number of rotatable bonds is 15. The monoisotopic (exact) mass is 1090 g/mol. The minimum absolute atomic E-state index is 0.0610. The molecule has 3 saturated heterocycles. The summed E-state index contributed by atoms with van der Waals surface area (Å²) in [4.78, 5) is 29.7. The lowest BCUT2D eigenvalue weighted by atomic mass is 9.83. The Labute approximate surface area is 440 Å². The van der Waals surface area contributed by atoms with Gasteiger partial charge in [-0.15, -0.1) is 0 Å². The number of carbonyl (C=O) groups is 2. The number of halogens is 4. The second-order valence-electron chi connectivity index (χ2n) is 19.2. The van der Waals surface area contributed by atoms with Gasteiger partial charge in [0.25, 0.3) is 0 Å². The van der Waals surface area contributed by atoms with E-state index in [2.05, 4.69) is 9.86 Å². The van der Waals surface area contributed by atoms with Crippen molar-refractivity contribution in [1.29, 1.82) is 0 Å². The van der Waals surface area contributed by atoms with Crippen LogP contribution in [0.3, 0.4) is 0 Å².